The topological polar surface area (TPSA) is 122 Å². The van der Waals surface area contributed by atoms with Gasteiger partial charge >= 0.3 is 6.18 Å². The average molecular weight is 625 g/mol. The molecule has 1 amide bonds. The molecule has 0 unspecified atom stereocenters. The third kappa shape index (κ3) is 7.37. The molecule has 0 radical (unpaired) electrons. The van der Waals surface area contributed by atoms with Gasteiger partial charge in [-0.2, -0.15) is 23.4 Å². The van der Waals surface area contributed by atoms with Crippen LogP contribution < -0.4 is 16.0 Å². The van der Waals surface area contributed by atoms with Crippen LogP contribution in [-0.4, -0.2) is 79.1 Å². The summed E-state index contributed by atoms with van der Waals surface area (Å²) < 4.78 is 55.2. The molecule has 1 aliphatic rings. The van der Waals surface area contributed by atoms with Crippen LogP contribution in [0.1, 0.15) is 29.4 Å². The zero-order chi connectivity index (χ0) is 32.3. The molecule has 1 aliphatic heterocycles. The maximum atomic E-state index is 13.6. The molecular formula is C30H32F4N10O. The average Bonchev–Trinajstić information content (AvgIpc) is 3.55. The van der Waals surface area contributed by atoms with Gasteiger partial charge in [0.05, 0.1) is 23.9 Å². The van der Waals surface area contributed by atoms with E-state index in [9.17, 15) is 22.4 Å². The number of nitrogens with one attached hydrogen (secondary N) is 1. The molecule has 5 heterocycles. The van der Waals surface area contributed by atoms with Crippen molar-refractivity contribution < 1.29 is 22.4 Å². The number of hydrogen-bond acceptors (Lipinski definition) is 8. The normalized spacial score (nSPS) is 14.9. The minimum Gasteiger partial charge on any atom is -0.384 e. The minimum atomic E-state index is -4.21. The van der Waals surface area contributed by atoms with E-state index in [1.807, 2.05) is 0 Å². The SMILES string of the molecule is C=C(F)/C=C\C(=C/C)c1nn(C)c(N2CCN(CCC(F)(F)F)CC2)c1-c1ccc2nc(NC(=O)c3ccnc(N)c3)cn2n1. The third-order valence-electron chi connectivity index (χ3n) is 7.29. The van der Waals surface area contributed by atoms with Crippen LogP contribution in [0, 0.1) is 0 Å². The van der Waals surface area contributed by atoms with E-state index in [0.29, 0.717) is 65.7 Å². The lowest BCUT2D eigenvalue weighted by molar-refractivity contribution is -0.138. The number of fused-ring (bicyclic) bond motifs is 1. The lowest BCUT2D eigenvalue weighted by Crippen LogP contribution is -2.47. The van der Waals surface area contributed by atoms with Crippen LogP contribution in [-0.2, 0) is 7.05 Å². The number of nitrogen functional groups attached to an aromatic ring is 1. The summed E-state index contributed by atoms with van der Waals surface area (Å²) in [5.74, 6) is 0.145. The first-order valence-electron chi connectivity index (χ1n) is 14.1. The molecular weight excluding hydrogens is 592 g/mol. The standard InChI is InChI=1S/C30H32F4N10O/c1-4-20(6-5-19(2)31)27-26(29(41(3)40-27)43-15-13-42(14-16-43)12-10-30(32,33)34)22-7-8-25-37-24(18-44(25)39-22)38-28(45)21-9-11-36-23(35)17-21/h4-9,11,17-18H,2,10,12-16H2,1,3H3,(H2,35,36)(H,38,45)/b6-5-,20-4+. The number of rotatable bonds is 9. The Bertz CT molecular complexity index is 1780. The summed E-state index contributed by atoms with van der Waals surface area (Å²) in [6, 6.07) is 6.50. The largest absolute Gasteiger partial charge is 0.390 e. The Morgan fingerprint density at radius 1 is 1.13 bits per heavy atom. The molecule has 4 aromatic rings. The minimum absolute atomic E-state index is 0.0618. The molecule has 3 N–H and O–H groups in total. The molecule has 45 heavy (non-hydrogen) atoms. The second-order valence-corrected chi connectivity index (χ2v) is 10.5. The maximum Gasteiger partial charge on any atom is 0.390 e. The molecule has 1 saturated heterocycles. The van der Waals surface area contributed by atoms with E-state index < -0.39 is 24.3 Å². The summed E-state index contributed by atoms with van der Waals surface area (Å²) in [4.78, 5) is 24.9. The Labute approximate surface area is 256 Å². The Morgan fingerprint density at radius 2 is 1.89 bits per heavy atom. The molecule has 0 aromatic carbocycles. The number of imidazole rings is 1. The zero-order valence-electron chi connectivity index (χ0n) is 24.7. The highest BCUT2D eigenvalue weighted by molar-refractivity contribution is 6.04. The van der Waals surface area contributed by atoms with Gasteiger partial charge in [-0.15, -0.1) is 0 Å². The van der Waals surface area contributed by atoms with Crippen LogP contribution in [0.3, 0.4) is 0 Å². The Kier molecular flexibility index (Phi) is 8.99. The van der Waals surface area contributed by atoms with Gasteiger partial charge in [0.2, 0.25) is 0 Å². The first kappa shape index (κ1) is 31.4. The van der Waals surface area contributed by atoms with Gasteiger partial charge in [-0.05, 0) is 42.8 Å². The highest BCUT2D eigenvalue weighted by atomic mass is 19.4. The van der Waals surface area contributed by atoms with Crippen LogP contribution in [0.15, 0.2) is 67.3 Å². The van der Waals surface area contributed by atoms with Gasteiger partial charge in [0.1, 0.15) is 23.2 Å². The van der Waals surface area contributed by atoms with Crippen LogP contribution in [0.2, 0.25) is 0 Å². The fourth-order valence-corrected chi connectivity index (χ4v) is 5.13. The number of carbonyl (C=O) groups excluding carboxylic acids is 1. The molecule has 0 saturated carbocycles. The van der Waals surface area contributed by atoms with Crippen molar-refractivity contribution in [3.8, 4) is 11.3 Å². The molecule has 0 spiro atoms. The van der Waals surface area contributed by atoms with Crippen molar-refractivity contribution in [1.82, 2.24) is 34.3 Å². The summed E-state index contributed by atoms with van der Waals surface area (Å²) in [6.07, 6.45) is 2.53. The first-order valence-corrected chi connectivity index (χ1v) is 14.1. The summed E-state index contributed by atoms with van der Waals surface area (Å²) >= 11 is 0. The van der Waals surface area contributed by atoms with Crippen molar-refractivity contribution in [2.75, 3.05) is 48.7 Å². The number of amides is 1. The van der Waals surface area contributed by atoms with Crippen molar-refractivity contribution in [1.29, 1.82) is 0 Å². The number of halogens is 4. The van der Waals surface area contributed by atoms with E-state index in [1.54, 1.807) is 54.0 Å². The molecule has 11 nitrogen and oxygen atoms in total. The van der Waals surface area contributed by atoms with Crippen LogP contribution >= 0.6 is 0 Å². The van der Waals surface area contributed by atoms with Gasteiger partial charge in [-0.3, -0.25) is 14.4 Å². The Hall–Kier alpha value is -5.05. The fraction of sp³-hybridized carbons (Fsp3) is 0.300. The number of pyridine rings is 1. The first-order chi connectivity index (χ1) is 21.4. The fourth-order valence-electron chi connectivity index (χ4n) is 5.13. The summed E-state index contributed by atoms with van der Waals surface area (Å²) in [7, 11) is 1.78. The number of nitrogens with two attached hydrogens (primary N) is 1. The van der Waals surface area contributed by atoms with Crippen molar-refractivity contribution in [3.05, 3.63) is 78.6 Å². The number of hydrogen-bond donors (Lipinski definition) is 2. The molecule has 15 heteroatoms. The van der Waals surface area contributed by atoms with E-state index in [-0.39, 0.29) is 18.2 Å². The predicted octanol–water partition coefficient (Wildman–Crippen LogP) is 4.88. The number of piperazine rings is 1. The van der Waals surface area contributed by atoms with Gasteiger partial charge in [0.25, 0.3) is 5.91 Å². The van der Waals surface area contributed by atoms with Crippen LogP contribution in [0.25, 0.3) is 22.5 Å². The van der Waals surface area contributed by atoms with E-state index in [4.69, 9.17) is 15.9 Å². The maximum absolute atomic E-state index is 13.6. The Morgan fingerprint density at radius 3 is 2.56 bits per heavy atom. The highest BCUT2D eigenvalue weighted by Crippen LogP contribution is 2.37. The molecule has 5 rings (SSSR count). The van der Waals surface area contributed by atoms with E-state index in [0.717, 1.165) is 0 Å². The molecule has 0 atom stereocenters. The number of aryl methyl sites for hydroxylation is 1. The van der Waals surface area contributed by atoms with Gasteiger partial charge in [-0.1, -0.05) is 18.7 Å². The van der Waals surface area contributed by atoms with Crippen molar-refractivity contribution in [2.45, 2.75) is 19.5 Å². The summed E-state index contributed by atoms with van der Waals surface area (Å²) in [5.41, 5.74) is 8.80. The summed E-state index contributed by atoms with van der Waals surface area (Å²) in [5, 5.41) is 12.3. The van der Waals surface area contributed by atoms with Gasteiger partial charge in [-0.25, -0.2) is 18.9 Å². The van der Waals surface area contributed by atoms with E-state index in [2.05, 4.69) is 26.8 Å². The van der Waals surface area contributed by atoms with Gasteiger partial charge < -0.3 is 16.0 Å². The molecule has 0 bridgehead atoms. The second-order valence-electron chi connectivity index (χ2n) is 10.5. The number of carbonyl (C=O) groups is 1. The van der Waals surface area contributed by atoms with Crippen LogP contribution in [0.4, 0.5) is 35.0 Å². The van der Waals surface area contributed by atoms with Gasteiger partial charge in [0, 0.05) is 51.5 Å². The predicted molar refractivity (Wildman–Crippen MR) is 164 cm³/mol. The monoisotopic (exact) mass is 624 g/mol. The molecule has 4 aromatic heterocycles. The number of alkyl halides is 3. The van der Waals surface area contributed by atoms with Gasteiger partial charge in [0.15, 0.2) is 11.5 Å². The van der Waals surface area contributed by atoms with E-state index in [1.165, 1.54) is 28.9 Å². The lowest BCUT2D eigenvalue weighted by Gasteiger charge is -2.36. The number of anilines is 3. The lowest BCUT2D eigenvalue weighted by atomic mass is 10.0. The zero-order valence-corrected chi connectivity index (χ0v) is 24.7. The van der Waals surface area contributed by atoms with Crippen molar-refractivity contribution >= 4 is 34.6 Å². The van der Waals surface area contributed by atoms with Crippen molar-refractivity contribution in [3.63, 3.8) is 0 Å². The quantitative estimate of drug-likeness (QED) is 0.200. The molecule has 0 aliphatic carbocycles. The number of allylic oxidation sites excluding steroid dienone is 5. The third-order valence-corrected chi connectivity index (χ3v) is 7.29. The second kappa shape index (κ2) is 12.9. The van der Waals surface area contributed by atoms with E-state index >= 15 is 0 Å². The number of nitrogens with zero attached hydrogens (tertiary/aromatic N) is 8. The molecule has 1 fully saturated rings. The Balaban J connectivity index is 1.50. The smallest absolute Gasteiger partial charge is 0.384 e. The highest BCUT2D eigenvalue weighted by Gasteiger charge is 2.31. The molecule has 236 valence electrons. The summed E-state index contributed by atoms with van der Waals surface area (Å²) in [6.45, 7) is 6.85. The van der Waals surface area contributed by atoms with Crippen molar-refractivity contribution in [2.24, 2.45) is 7.05 Å². The van der Waals surface area contributed by atoms with Crippen LogP contribution in [0.5, 0.6) is 0 Å². The number of aromatic nitrogens is 6.